The molecule has 2 N–H and O–H groups in total. The topological polar surface area (TPSA) is 49.8 Å². The van der Waals surface area contributed by atoms with Gasteiger partial charge in [-0.25, -0.2) is 9.97 Å². The molecule has 0 amide bonds. The molecule has 1 heterocycles. The first kappa shape index (κ1) is 14.8. The van der Waals surface area contributed by atoms with E-state index in [-0.39, 0.29) is 0 Å². The zero-order valence-corrected chi connectivity index (χ0v) is 13.6. The lowest BCUT2D eigenvalue weighted by atomic mass is 10.1. The van der Waals surface area contributed by atoms with E-state index in [1.165, 1.54) is 5.56 Å². The first-order chi connectivity index (χ1) is 9.65. The van der Waals surface area contributed by atoms with Gasteiger partial charge in [0, 0.05) is 22.8 Å². The molecule has 0 aliphatic carbocycles. The maximum absolute atomic E-state index is 4.38. The highest BCUT2D eigenvalue weighted by atomic mass is 79.9. The summed E-state index contributed by atoms with van der Waals surface area (Å²) in [5, 5.41) is 6.51. The van der Waals surface area contributed by atoms with Gasteiger partial charge in [0.2, 0.25) is 0 Å². The standard InChI is InChI=1S/C15H19BrN4/c1-4-5-12-14(17-3)18-9-19-15(12)20-11-7-6-10(2)13(16)8-11/h6-9H,4-5H2,1-3H3,(H2,17,18,19,20). The van der Waals surface area contributed by atoms with Gasteiger partial charge in [-0.2, -0.15) is 0 Å². The first-order valence-corrected chi connectivity index (χ1v) is 7.49. The highest BCUT2D eigenvalue weighted by Gasteiger charge is 2.10. The smallest absolute Gasteiger partial charge is 0.139 e. The number of nitrogens with zero attached hydrogens (tertiary/aromatic N) is 2. The Morgan fingerprint density at radius 1 is 1.20 bits per heavy atom. The summed E-state index contributed by atoms with van der Waals surface area (Å²) in [6, 6.07) is 6.19. The van der Waals surface area contributed by atoms with Crippen LogP contribution in [0.25, 0.3) is 0 Å². The number of aromatic nitrogens is 2. The van der Waals surface area contributed by atoms with E-state index in [0.717, 1.165) is 40.2 Å². The van der Waals surface area contributed by atoms with Crippen LogP contribution in [-0.4, -0.2) is 17.0 Å². The molecule has 1 aromatic heterocycles. The molecule has 0 aliphatic heterocycles. The van der Waals surface area contributed by atoms with Crippen molar-refractivity contribution in [3.63, 3.8) is 0 Å². The number of nitrogens with one attached hydrogen (secondary N) is 2. The average molecular weight is 335 g/mol. The Morgan fingerprint density at radius 3 is 2.60 bits per heavy atom. The van der Waals surface area contributed by atoms with Gasteiger partial charge < -0.3 is 10.6 Å². The van der Waals surface area contributed by atoms with Crippen LogP contribution in [0.15, 0.2) is 29.0 Å². The molecule has 106 valence electrons. The second kappa shape index (κ2) is 6.70. The van der Waals surface area contributed by atoms with Gasteiger partial charge in [0.15, 0.2) is 0 Å². The molecule has 0 atom stereocenters. The van der Waals surface area contributed by atoms with Crippen molar-refractivity contribution in [3.8, 4) is 0 Å². The minimum Gasteiger partial charge on any atom is -0.373 e. The molecule has 20 heavy (non-hydrogen) atoms. The van der Waals surface area contributed by atoms with Crippen molar-refractivity contribution in [3.05, 3.63) is 40.1 Å². The van der Waals surface area contributed by atoms with Gasteiger partial charge in [-0.1, -0.05) is 35.3 Å². The SMILES string of the molecule is CCCc1c(NC)ncnc1Nc1ccc(C)c(Br)c1. The molecule has 0 spiro atoms. The number of rotatable bonds is 5. The molecule has 0 saturated carbocycles. The summed E-state index contributed by atoms with van der Waals surface area (Å²) in [4.78, 5) is 8.65. The summed E-state index contributed by atoms with van der Waals surface area (Å²) in [5.74, 6) is 1.75. The molecule has 2 aromatic rings. The Hall–Kier alpha value is -1.62. The molecule has 0 bridgehead atoms. The lowest BCUT2D eigenvalue weighted by Crippen LogP contribution is -2.05. The van der Waals surface area contributed by atoms with Gasteiger partial charge in [0.1, 0.15) is 18.0 Å². The highest BCUT2D eigenvalue weighted by Crippen LogP contribution is 2.27. The van der Waals surface area contributed by atoms with Gasteiger partial charge in [-0.3, -0.25) is 0 Å². The molecule has 0 unspecified atom stereocenters. The fraction of sp³-hybridized carbons (Fsp3) is 0.333. The predicted octanol–water partition coefficient (Wildman–Crippen LogP) is 4.29. The summed E-state index contributed by atoms with van der Waals surface area (Å²) in [6.45, 7) is 4.22. The van der Waals surface area contributed by atoms with E-state index < -0.39 is 0 Å². The van der Waals surface area contributed by atoms with Crippen molar-refractivity contribution in [1.29, 1.82) is 0 Å². The van der Waals surface area contributed by atoms with Crippen molar-refractivity contribution in [2.45, 2.75) is 26.7 Å². The Kier molecular flexibility index (Phi) is 4.95. The van der Waals surface area contributed by atoms with Gasteiger partial charge in [0.05, 0.1) is 0 Å². The second-order valence-corrected chi connectivity index (χ2v) is 5.49. The summed E-state index contributed by atoms with van der Waals surface area (Å²) in [5.41, 5.74) is 3.35. The Morgan fingerprint density at radius 2 is 1.95 bits per heavy atom. The van der Waals surface area contributed by atoms with E-state index in [2.05, 4.69) is 68.6 Å². The van der Waals surface area contributed by atoms with E-state index in [4.69, 9.17) is 0 Å². The normalized spacial score (nSPS) is 10.4. The van der Waals surface area contributed by atoms with Gasteiger partial charge in [-0.05, 0) is 31.0 Å². The number of benzene rings is 1. The average Bonchev–Trinajstić information content (AvgIpc) is 2.45. The second-order valence-electron chi connectivity index (χ2n) is 4.64. The number of hydrogen-bond donors (Lipinski definition) is 2. The Labute approximate surface area is 128 Å². The highest BCUT2D eigenvalue weighted by molar-refractivity contribution is 9.10. The van der Waals surface area contributed by atoms with E-state index in [1.54, 1.807) is 6.33 Å². The fourth-order valence-electron chi connectivity index (χ4n) is 2.03. The van der Waals surface area contributed by atoms with Crippen LogP contribution >= 0.6 is 15.9 Å². The third-order valence-electron chi connectivity index (χ3n) is 3.12. The van der Waals surface area contributed by atoms with Crippen molar-refractivity contribution < 1.29 is 0 Å². The molecular weight excluding hydrogens is 316 g/mol. The summed E-state index contributed by atoms with van der Waals surface area (Å²) in [6.07, 6.45) is 3.57. The largest absolute Gasteiger partial charge is 0.373 e. The summed E-state index contributed by atoms with van der Waals surface area (Å²) < 4.78 is 1.09. The summed E-state index contributed by atoms with van der Waals surface area (Å²) >= 11 is 3.55. The third-order valence-corrected chi connectivity index (χ3v) is 3.97. The monoisotopic (exact) mass is 334 g/mol. The van der Waals surface area contributed by atoms with Gasteiger partial charge in [-0.15, -0.1) is 0 Å². The van der Waals surface area contributed by atoms with Gasteiger partial charge in [0.25, 0.3) is 0 Å². The van der Waals surface area contributed by atoms with Crippen molar-refractivity contribution in [2.24, 2.45) is 0 Å². The predicted molar refractivity (Wildman–Crippen MR) is 87.7 cm³/mol. The minimum absolute atomic E-state index is 0.863. The van der Waals surface area contributed by atoms with E-state index in [0.29, 0.717) is 0 Å². The molecule has 0 fully saturated rings. The van der Waals surface area contributed by atoms with E-state index in [1.807, 2.05) is 7.05 Å². The molecule has 0 aliphatic rings. The number of aryl methyl sites for hydroxylation is 1. The lowest BCUT2D eigenvalue weighted by Gasteiger charge is -2.14. The van der Waals surface area contributed by atoms with Crippen LogP contribution in [0.2, 0.25) is 0 Å². The molecule has 5 heteroatoms. The Balaban J connectivity index is 2.34. The number of hydrogen-bond acceptors (Lipinski definition) is 4. The number of halogens is 1. The van der Waals surface area contributed by atoms with Crippen LogP contribution in [0, 0.1) is 6.92 Å². The molecule has 2 rings (SSSR count). The zero-order chi connectivity index (χ0) is 14.5. The van der Waals surface area contributed by atoms with Crippen LogP contribution in [0.1, 0.15) is 24.5 Å². The zero-order valence-electron chi connectivity index (χ0n) is 12.0. The number of anilines is 3. The molecule has 1 aromatic carbocycles. The van der Waals surface area contributed by atoms with Gasteiger partial charge >= 0.3 is 0 Å². The molecule has 0 saturated heterocycles. The van der Waals surface area contributed by atoms with Crippen LogP contribution in [0.3, 0.4) is 0 Å². The third kappa shape index (κ3) is 3.28. The summed E-state index contributed by atoms with van der Waals surface area (Å²) in [7, 11) is 1.88. The van der Waals surface area contributed by atoms with Crippen molar-refractivity contribution in [2.75, 3.05) is 17.7 Å². The van der Waals surface area contributed by atoms with Crippen molar-refractivity contribution >= 4 is 33.3 Å². The van der Waals surface area contributed by atoms with Crippen LogP contribution in [-0.2, 0) is 6.42 Å². The Bertz CT molecular complexity index is 598. The first-order valence-electron chi connectivity index (χ1n) is 6.70. The maximum atomic E-state index is 4.38. The van der Waals surface area contributed by atoms with Crippen molar-refractivity contribution in [1.82, 2.24) is 9.97 Å². The molecular formula is C15H19BrN4. The van der Waals surface area contributed by atoms with E-state index in [9.17, 15) is 0 Å². The lowest BCUT2D eigenvalue weighted by molar-refractivity contribution is 0.905. The fourth-order valence-corrected chi connectivity index (χ4v) is 2.41. The maximum Gasteiger partial charge on any atom is 0.139 e. The van der Waals surface area contributed by atoms with Crippen LogP contribution in [0.5, 0.6) is 0 Å². The quantitative estimate of drug-likeness (QED) is 0.856. The molecule has 0 radical (unpaired) electrons. The minimum atomic E-state index is 0.863. The van der Waals surface area contributed by atoms with Crippen LogP contribution < -0.4 is 10.6 Å². The van der Waals surface area contributed by atoms with Crippen LogP contribution in [0.4, 0.5) is 17.3 Å². The molecule has 4 nitrogen and oxygen atoms in total. The van der Waals surface area contributed by atoms with E-state index >= 15 is 0 Å².